The molecule has 1 aromatic carbocycles. The molecular weight excluding hydrogens is 256 g/mol. The lowest BCUT2D eigenvalue weighted by Crippen LogP contribution is -2.49. The van der Waals surface area contributed by atoms with Crippen molar-refractivity contribution in [2.24, 2.45) is 0 Å². The van der Waals surface area contributed by atoms with Crippen molar-refractivity contribution < 1.29 is 14.3 Å². The first-order valence-electron chi connectivity index (χ1n) is 6.44. The van der Waals surface area contributed by atoms with Gasteiger partial charge in [-0.1, -0.05) is 62.6 Å². The van der Waals surface area contributed by atoms with Gasteiger partial charge in [0.1, 0.15) is 20.8 Å². The fraction of sp³-hybridized carbons (Fsp3) is 0.400. The van der Waals surface area contributed by atoms with Crippen molar-refractivity contribution in [3.8, 4) is 0 Å². The molecular formula is C15H20O3Si. The Morgan fingerprint density at radius 1 is 1.42 bits per heavy atom. The van der Waals surface area contributed by atoms with E-state index in [1.165, 1.54) is 0 Å². The molecule has 0 aromatic heterocycles. The second-order valence-corrected chi connectivity index (χ2v) is 11.0. The molecule has 1 aliphatic heterocycles. The molecule has 1 aliphatic rings. The van der Waals surface area contributed by atoms with Crippen LogP contribution < -0.4 is 0 Å². The summed E-state index contributed by atoms with van der Waals surface area (Å²) in [5, 5.41) is -0.753. The van der Waals surface area contributed by atoms with Crippen molar-refractivity contribution in [2.75, 3.05) is 6.61 Å². The number of hydrogen-bond donors (Lipinski definition) is 0. The van der Waals surface area contributed by atoms with Crippen LogP contribution >= 0.6 is 0 Å². The van der Waals surface area contributed by atoms with Crippen LogP contribution in [0.1, 0.15) is 11.7 Å². The number of carbonyl (C=O) groups excluding carboxylic acids is 1. The van der Waals surface area contributed by atoms with Crippen molar-refractivity contribution in [1.29, 1.82) is 0 Å². The summed E-state index contributed by atoms with van der Waals surface area (Å²) in [6, 6.07) is 9.86. The zero-order chi connectivity index (χ0) is 14.1. The highest BCUT2D eigenvalue weighted by atomic mass is 28.3. The molecule has 1 fully saturated rings. The van der Waals surface area contributed by atoms with Crippen LogP contribution in [-0.2, 0) is 14.3 Å². The number of esters is 1. The Bertz CT molecular complexity index is 478. The molecule has 0 amide bonds. The van der Waals surface area contributed by atoms with E-state index in [1.54, 1.807) is 6.08 Å². The van der Waals surface area contributed by atoms with Crippen LogP contribution in [0.25, 0.3) is 0 Å². The standard InChI is InChI=1S/C15H20O3Si/c1-5-11-17-14(16)15(19(2,3)4)13(18-15)12-9-7-6-8-10-12/h5-10,13H,1,11H2,2-4H3. The summed E-state index contributed by atoms with van der Waals surface area (Å²) in [6.45, 7) is 10.2. The number of carbonyl (C=O) groups is 1. The molecule has 0 radical (unpaired) electrons. The van der Waals surface area contributed by atoms with Gasteiger partial charge in [0.15, 0.2) is 5.22 Å². The summed E-state index contributed by atoms with van der Waals surface area (Å²) in [5.41, 5.74) is 1.04. The van der Waals surface area contributed by atoms with Crippen LogP contribution in [-0.4, -0.2) is 25.9 Å². The number of hydrogen-bond acceptors (Lipinski definition) is 3. The molecule has 2 unspecified atom stereocenters. The minimum atomic E-state index is -1.86. The Morgan fingerprint density at radius 2 is 2.05 bits per heavy atom. The van der Waals surface area contributed by atoms with Gasteiger partial charge < -0.3 is 9.47 Å². The monoisotopic (exact) mass is 276 g/mol. The van der Waals surface area contributed by atoms with Gasteiger partial charge in [0.05, 0.1) is 0 Å². The molecule has 0 bridgehead atoms. The van der Waals surface area contributed by atoms with Gasteiger partial charge in [0.25, 0.3) is 0 Å². The molecule has 102 valence electrons. The maximum Gasteiger partial charge on any atom is 0.338 e. The second-order valence-electron chi connectivity index (χ2n) is 5.78. The smallest absolute Gasteiger partial charge is 0.338 e. The van der Waals surface area contributed by atoms with Gasteiger partial charge in [-0.15, -0.1) is 0 Å². The lowest BCUT2D eigenvalue weighted by Gasteiger charge is -2.24. The Morgan fingerprint density at radius 3 is 2.58 bits per heavy atom. The van der Waals surface area contributed by atoms with E-state index in [0.29, 0.717) is 0 Å². The predicted molar refractivity (Wildman–Crippen MR) is 77.5 cm³/mol. The molecule has 0 spiro atoms. The van der Waals surface area contributed by atoms with E-state index in [4.69, 9.17) is 9.47 Å². The molecule has 19 heavy (non-hydrogen) atoms. The summed E-state index contributed by atoms with van der Waals surface area (Å²) < 4.78 is 11.1. The van der Waals surface area contributed by atoms with Gasteiger partial charge in [-0.2, -0.15) is 0 Å². The molecule has 4 heteroatoms. The van der Waals surface area contributed by atoms with Crippen molar-refractivity contribution >= 4 is 14.0 Å². The Labute approximate surface area is 115 Å². The van der Waals surface area contributed by atoms with Crippen LogP contribution in [0.3, 0.4) is 0 Å². The summed E-state index contributed by atoms with van der Waals surface area (Å²) >= 11 is 0. The number of epoxide rings is 1. The number of benzene rings is 1. The van der Waals surface area contributed by atoms with Crippen LogP contribution in [0.2, 0.25) is 19.6 Å². The van der Waals surface area contributed by atoms with Gasteiger partial charge in [0, 0.05) is 0 Å². The van der Waals surface area contributed by atoms with Gasteiger partial charge >= 0.3 is 5.97 Å². The highest BCUT2D eigenvalue weighted by Crippen LogP contribution is 2.55. The van der Waals surface area contributed by atoms with E-state index in [1.807, 2.05) is 30.3 Å². The van der Waals surface area contributed by atoms with Crippen LogP contribution in [0, 0.1) is 0 Å². The summed E-state index contributed by atoms with van der Waals surface area (Å²) in [7, 11) is -1.86. The first kappa shape index (κ1) is 14.0. The SMILES string of the molecule is C=CCOC(=O)C1([Si](C)(C)C)OC1c1ccccc1. The minimum Gasteiger partial charge on any atom is -0.459 e. The Balaban J connectivity index is 2.26. The second kappa shape index (κ2) is 4.94. The normalized spacial score (nSPS) is 25.7. The molecule has 0 saturated carbocycles. The van der Waals surface area contributed by atoms with Gasteiger partial charge in [-0.3, -0.25) is 0 Å². The van der Waals surface area contributed by atoms with E-state index in [2.05, 4.69) is 26.2 Å². The van der Waals surface area contributed by atoms with E-state index in [0.717, 1.165) is 5.56 Å². The van der Waals surface area contributed by atoms with Gasteiger partial charge in [0.2, 0.25) is 0 Å². The van der Waals surface area contributed by atoms with Crippen molar-refractivity contribution in [2.45, 2.75) is 31.0 Å². The third-order valence-corrected chi connectivity index (χ3v) is 6.28. The molecule has 1 heterocycles. The van der Waals surface area contributed by atoms with E-state index in [-0.39, 0.29) is 18.7 Å². The average Bonchev–Trinajstić information content (AvgIpc) is 3.13. The van der Waals surface area contributed by atoms with E-state index < -0.39 is 13.3 Å². The van der Waals surface area contributed by atoms with E-state index in [9.17, 15) is 4.79 Å². The van der Waals surface area contributed by atoms with Gasteiger partial charge in [-0.25, -0.2) is 4.79 Å². The first-order chi connectivity index (χ1) is 8.93. The lowest BCUT2D eigenvalue weighted by atomic mass is 10.1. The molecule has 1 saturated heterocycles. The zero-order valence-electron chi connectivity index (χ0n) is 11.7. The first-order valence-corrected chi connectivity index (χ1v) is 9.94. The topological polar surface area (TPSA) is 38.8 Å². The van der Waals surface area contributed by atoms with Crippen LogP contribution in [0.15, 0.2) is 43.0 Å². The van der Waals surface area contributed by atoms with Gasteiger partial charge in [-0.05, 0) is 5.56 Å². The Hall–Kier alpha value is -1.39. The lowest BCUT2D eigenvalue weighted by molar-refractivity contribution is -0.145. The van der Waals surface area contributed by atoms with Crippen molar-refractivity contribution in [1.82, 2.24) is 0 Å². The quantitative estimate of drug-likeness (QED) is 0.359. The molecule has 3 nitrogen and oxygen atoms in total. The molecule has 1 aromatic rings. The molecule has 0 N–H and O–H groups in total. The highest BCUT2D eigenvalue weighted by Gasteiger charge is 2.71. The zero-order valence-corrected chi connectivity index (χ0v) is 12.7. The summed E-state index contributed by atoms with van der Waals surface area (Å²) in [5.74, 6) is -0.250. The van der Waals surface area contributed by atoms with Crippen LogP contribution in [0.5, 0.6) is 0 Å². The maximum atomic E-state index is 12.4. The molecule has 2 atom stereocenters. The third kappa shape index (κ3) is 2.38. The predicted octanol–water partition coefficient (Wildman–Crippen LogP) is 3.10. The fourth-order valence-corrected chi connectivity index (χ4v) is 4.46. The minimum absolute atomic E-state index is 0.169. The van der Waals surface area contributed by atoms with Crippen molar-refractivity contribution in [3.63, 3.8) is 0 Å². The maximum absolute atomic E-state index is 12.4. The summed E-state index contributed by atoms with van der Waals surface area (Å²) in [4.78, 5) is 12.4. The fourth-order valence-electron chi connectivity index (χ4n) is 2.36. The average molecular weight is 276 g/mol. The third-order valence-electron chi connectivity index (χ3n) is 3.47. The number of rotatable bonds is 5. The highest BCUT2D eigenvalue weighted by molar-refractivity contribution is 6.83. The summed E-state index contributed by atoms with van der Waals surface area (Å²) in [6.07, 6.45) is 1.41. The Kier molecular flexibility index (Phi) is 3.65. The molecule has 0 aliphatic carbocycles. The van der Waals surface area contributed by atoms with E-state index >= 15 is 0 Å². The largest absolute Gasteiger partial charge is 0.459 e. The number of ether oxygens (including phenoxy) is 2. The molecule has 2 rings (SSSR count). The van der Waals surface area contributed by atoms with Crippen molar-refractivity contribution in [3.05, 3.63) is 48.6 Å². The van der Waals surface area contributed by atoms with Crippen LogP contribution in [0.4, 0.5) is 0 Å².